The zero-order chi connectivity index (χ0) is 18.4. The zero-order valence-corrected chi connectivity index (χ0v) is 17.3. The van der Waals surface area contributed by atoms with Crippen molar-refractivity contribution in [1.29, 1.82) is 0 Å². The summed E-state index contributed by atoms with van der Waals surface area (Å²) in [6.07, 6.45) is 0. The molecule has 26 heavy (non-hydrogen) atoms. The fourth-order valence-corrected chi connectivity index (χ4v) is 2.93. The van der Waals surface area contributed by atoms with Crippen molar-refractivity contribution in [2.24, 2.45) is 0 Å². The monoisotopic (exact) mass is 379 g/mol. The van der Waals surface area contributed by atoms with Gasteiger partial charge in [-0.1, -0.05) is 24.3 Å². The minimum atomic E-state index is 0. The third kappa shape index (κ3) is 5.55. The second-order valence-electron chi connectivity index (χ2n) is 6.44. The molecule has 0 spiro atoms. The molecule has 0 saturated carbocycles. The number of ether oxygens (including phenoxy) is 3. The Bertz CT molecular complexity index is 685. The van der Waals surface area contributed by atoms with E-state index < -0.39 is 0 Å². The number of benzene rings is 2. The van der Waals surface area contributed by atoms with Gasteiger partial charge in [0.25, 0.3) is 0 Å². The van der Waals surface area contributed by atoms with E-state index in [1.807, 2.05) is 12.1 Å². The first-order valence-electron chi connectivity index (χ1n) is 8.63. The summed E-state index contributed by atoms with van der Waals surface area (Å²) >= 11 is 0. The first kappa shape index (κ1) is 22.1. The summed E-state index contributed by atoms with van der Waals surface area (Å²) in [5.74, 6) is 2.47. The number of halogens is 1. The van der Waals surface area contributed by atoms with E-state index in [1.54, 1.807) is 14.2 Å². The Labute approximate surface area is 163 Å². The maximum Gasteiger partial charge on any atom is 0.161 e. The molecule has 5 heteroatoms. The Morgan fingerprint density at radius 1 is 0.923 bits per heavy atom. The van der Waals surface area contributed by atoms with Crippen LogP contribution < -0.4 is 19.5 Å². The summed E-state index contributed by atoms with van der Waals surface area (Å²) in [4.78, 5) is 0. The standard InChI is InChI=1S/C21H29NO3.ClH/c1-14-8-7-9-15(2)21(14)25-13-16(3)22-17(4)18-10-11-19(23-5)20(12-18)24-6;/h7-12,16-17,22H,13H2,1-6H3;1H. The van der Waals surface area contributed by atoms with Crippen LogP contribution in [0.1, 0.15) is 36.6 Å². The van der Waals surface area contributed by atoms with Gasteiger partial charge in [0.05, 0.1) is 14.2 Å². The van der Waals surface area contributed by atoms with Gasteiger partial charge in [-0.3, -0.25) is 0 Å². The number of hydrogen-bond donors (Lipinski definition) is 1. The highest BCUT2D eigenvalue weighted by molar-refractivity contribution is 5.85. The van der Waals surface area contributed by atoms with Crippen molar-refractivity contribution in [3.63, 3.8) is 0 Å². The minimum absolute atomic E-state index is 0. The Morgan fingerprint density at radius 3 is 2.12 bits per heavy atom. The SMILES string of the molecule is COc1ccc(C(C)NC(C)COc2c(C)cccc2C)cc1OC.Cl. The van der Waals surface area contributed by atoms with Crippen LogP contribution in [0.2, 0.25) is 0 Å². The van der Waals surface area contributed by atoms with Crippen molar-refractivity contribution >= 4 is 12.4 Å². The second-order valence-corrected chi connectivity index (χ2v) is 6.44. The van der Waals surface area contributed by atoms with Crippen molar-refractivity contribution in [2.75, 3.05) is 20.8 Å². The van der Waals surface area contributed by atoms with Crippen LogP contribution in [-0.4, -0.2) is 26.9 Å². The fourth-order valence-electron chi connectivity index (χ4n) is 2.93. The molecule has 0 heterocycles. The molecular formula is C21H30ClNO3. The van der Waals surface area contributed by atoms with E-state index in [-0.39, 0.29) is 24.5 Å². The van der Waals surface area contributed by atoms with Crippen LogP contribution in [0.4, 0.5) is 0 Å². The Hall–Kier alpha value is -1.91. The quantitative estimate of drug-likeness (QED) is 0.710. The largest absolute Gasteiger partial charge is 0.493 e. The average molecular weight is 380 g/mol. The normalized spacial score (nSPS) is 12.7. The first-order valence-corrected chi connectivity index (χ1v) is 8.63. The summed E-state index contributed by atoms with van der Waals surface area (Å²) in [5, 5.41) is 3.57. The maximum absolute atomic E-state index is 6.04. The lowest BCUT2D eigenvalue weighted by atomic mass is 10.1. The second kappa shape index (κ2) is 10.3. The summed E-state index contributed by atoms with van der Waals surface area (Å²) in [7, 11) is 3.30. The summed E-state index contributed by atoms with van der Waals surface area (Å²) in [6, 6.07) is 12.6. The molecule has 2 unspecified atom stereocenters. The van der Waals surface area contributed by atoms with E-state index in [2.05, 4.69) is 57.3 Å². The van der Waals surface area contributed by atoms with E-state index in [4.69, 9.17) is 14.2 Å². The van der Waals surface area contributed by atoms with Crippen LogP contribution in [0.5, 0.6) is 17.2 Å². The molecule has 0 aliphatic carbocycles. The van der Waals surface area contributed by atoms with Crippen LogP contribution in [0.15, 0.2) is 36.4 Å². The minimum Gasteiger partial charge on any atom is -0.493 e. The molecule has 0 aromatic heterocycles. The van der Waals surface area contributed by atoms with Gasteiger partial charge >= 0.3 is 0 Å². The predicted molar refractivity (Wildman–Crippen MR) is 109 cm³/mol. The van der Waals surface area contributed by atoms with Crippen LogP contribution in [0, 0.1) is 13.8 Å². The number of nitrogens with one attached hydrogen (secondary N) is 1. The Balaban J connectivity index is 0.00000338. The van der Waals surface area contributed by atoms with Gasteiger partial charge < -0.3 is 19.5 Å². The molecule has 0 aliphatic rings. The van der Waals surface area contributed by atoms with Gasteiger partial charge in [0.1, 0.15) is 12.4 Å². The molecule has 2 atom stereocenters. The molecule has 2 rings (SSSR count). The molecule has 4 nitrogen and oxygen atoms in total. The van der Waals surface area contributed by atoms with Gasteiger partial charge in [-0.25, -0.2) is 0 Å². The van der Waals surface area contributed by atoms with Gasteiger partial charge in [0.15, 0.2) is 11.5 Å². The van der Waals surface area contributed by atoms with Gasteiger partial charge in [0.2, 0.25) is 0 Å². The van der Waals surface area contributed by atoms with E-state index in [0.717, 1.165) is 22.8 Å². The van der Waals surface area contributed by atoms with Crippen molar-refractivity contribution in [3.8, 4) is 17.2 Å². The molecule has 0 radical (unpaired) electrons. The Morgan fingerprint density at radius 2 is 1.54 bits per heavy atom. The number of rotatable bonds is 8. The molecule has 0 fully saturated rings. The third-order valence-electron chi connectivity index (χ3n) is 4.33. The van der Waals surface area contributed by atoms with Crippen LogP contribution >= 0.6 is 12.4 Å². The summed E-state index contributed by atoms with van der Waals surface area (Å²) < 4.78 is 16.7. The smallest absolute Gasteiger partial charge is 0.161 e. The molecule has 2 aromatic carbocycles. The van der Waals surface area contributed by atoms with Gasteiger partial charge in [-0.05, 0) is 56.5 Å². The lowest BCUT2D eigenvalue weighted by molar-refractivity contribution is 0.261. The molecule has 0 bridgehead atoms. The lowest BCUT2D eigenvalue weighted by Crippen LogP contribution is -2.34. The van der Waals surface area contributed by atoms with E-state index in [9.17, 15) is 0 Å². The van der Waals surface area contributed by atoms with Crippen LogP contribution in [0.3, 0.4) is 0 Å². The Kier molecular flexibility index (Phi) is 8.76. The van der Waals surface area contributed by atoms with E-state index in [0.29, 0.717) is 6.61 Å². The molecule has 1 N–H and O–H groups in total. The predicted octanol–water partition coefficient (Wildman–Crippen LogP) is 4.86. The van der Waals surface area contributed by atoms with Crippen molar-refractivity contribution in [1.82, 2.24) is 5.32 Å². The molecule has 0 saturated heterocycles. The molecule has 0 amide bonds. The number of para-hydroxylation sites is 1. The van der Waals surface area contributed by atoms with Gasteiger partial charge in [-0.15, -0.1) is 12.4 Å². The third-order valence-corrected chi connectivity index (χ3v) is 4.33. The zero-order valence-electron chi connectivity index (χ0n) is 16.5. The number of hydrogen-bond acceptors (Lipinski definition) is 4. The highest BCUT2D eigenvalue weighted by Crippen LogP contribution is 2.30. The fraction of sp³-hybridized carbons (Fsp3) is 0.429. The van der Waals surface area contributed by atoms with Crippen LogP contribution in [-0.2, 0) is 0 Å². The van der Waals surface area contributed by atoms with Crippen LogP contribution in [0.25, 0.3) is 0 Å². The highest BCUT2D eigenvalue weighted by atomic mass is 35.5. The topological polar surface area (TPSA) is 39.7 Å². The molecule has 144 valence electrons. The first-order chi connectivity index (χ1) is 12.0. The summed E-state index contributed by atoms with van der Waals surface area (Å²) in [5.41, 5.74) is 3.48. The van der Waals surface area contributed by atoms with Crippen molar-refractivity contribution < 1.29 is 14.2 Å². The lowest BCUT2D eigenvalue weighted by Gasteiger charge is -2.22. The molecule has 2 aromatic rings. The van der Waals surface area contributed by atoms with Gasteiger partial charge in [0, 0.05) is 12.1 Å². The van der Waals surface area contributed by atoms with Crippen molar-refractivity contribution in [3.05, 3.63) is 53.1 Å². The highest BCUT2D eigenvalue weighted by Gasteiger charge is 2.14. The average Bonchev–Trinajstić information content (AvgIpc) is 2.60. The van der Waals surface area contributed by atoms with Gasteiger partial charge in [-0.2, -0.15) is 0 Å². The summed E-state index contributed by atoms with van der Waals surface area (Å²) in [6.45, 7) is 9.03. The molecular weight excluding hydrogens is 350 g/mol. The maximum atomic E-state index is 6.04. The van der Waals surface area contributed by atoms with E-state index >= 15 is 0 Å². The van der Waals surface area contributed by atoms with E-state index in [1.165, 1.54) is 11.1 Å². The van der Waals surface area contributed by atoms with Crippen molar-refractivity contribution in [2.45, 2.75) is 39.8 Å². The molecule has 0 aliphatic heterocycles. The number of aryl methyl sites for hydroxylation is 2. The number of methoxy groups -OCH3 is 2.